The van der Waals surface area contributed by atoms with Crippen LogP contribution >= 0.6 is 0 Å². The number of nitrogens with zero attached hydrogens (tertiary/aromatic N) is 4. The van der Waals surface area contributed by atoms with Gasteiger partial charge in [-0.2, -0.15) is 23.7 Å². The molecule has 0 unspecified atom stereocenters. The zero-order valence-corrected chi connectivity index (χ0v) is 17.8. The highest BCUT2D eigenvalue weighted by Crippen LogP contribution is 2.33. The Hall–Kier alpha value is -4.33. The van der Waals surface area contributed by atoms with Gasteiger partial charge in [0.05, 0.1) is 34.8 Å². The molecule has 0 aliphatic carbocycles. The van der Waals surface area contributed by atoms with Crippen LogP contribution in [0.25, 0.3) is 11.0 Å². The predicted molar refractivity (Wildman–Crippen MR) is 116 cm³/mol. The number of nitriles is 2. The van der Waals surface area contributed by atoms with Gasteiger partial charge in [0.2, 0.25) is 0 Å². The van der Waals surface area contributed by atoms with Gasteiger partial charge in [-0.25, -0.2) is 4.98 Å². The molecule has 1 amide bonds. The Kier molecular flexibility index (Phi) is 9.63. The minimum absolute atomic E-state index is 0.175. The number of alkyl halides is 3. The molecule has 10 heteroatoms. The molecule has 3 aromatic rings. The molecule has 2 aromatic heterocycles. The van der Waals surface area contributed by atoms with Crippen LogP contribution < -0.4 is 5.32 Å². The van der Waals surface area contributed by atoms with Gasteiger partial charge >= 0.3 is 6.18 Å². The Morgan fingerprint density at radius 2 is 1.85 bits per heavy atom. The molecule has 1 atom stereocenters. The number of anilines is 1. The van der Waals surface area contributed by atoms with Crippen LogP contribution in [-0.2, 0) is 17.5 Å². The Labute approximate surface area is 188 Å². The summed E-state index contributed by atoms with van der Waals surface area (Å²) in [7, 11) is 0. The van der Waals surface area contributed by atoms with E-state index in [9.17, 15) is 23.1 Å². The maximum Gasteiger partial charge on any atom is 0.417 e. The largest absolute Gasteiger partial charge is 0.417 e. The van der Waals surface area contributed by atoms with Crippen molar-refractivity contribution in [3.8, 4) is 25.0 Å². The number of benzene rings is 1. The molecule has 7 nitrogen and oxygen atoms in total. The molecule has 0 bridgehead atoms. The van der Waals surface area contributed by atoms with Gasteiger partial charge in [0.25, 0.3) is 5.91 Å². The smallest absolute Gasteiger partial charge is 0.381 e. The van der Waals surface area contributed by atoms with Gasteiger partial charge in [-0.15, -0.1) is 12.8 Å². The van der Waals surface area contributed by atoms with Crippen LogP contribution in [0.2, 0.25) is 0 Å². The average molecular weight is 455 g/mol. The molecular formula is C23H20F3N5O2. The molecule has 1 aromatic carbocycles. The third-order valence-corrected chi connectivity index (χ3v) is 4.12. The Morgan fingerprint density at radius 1 is 1.18 bits per heavy atom. The summed E-state index contributed by atoms with van der Waals surface area (Å²) < 4.78 is 40.6. The maximum absolute atomic E-state index is 13.0. The second-order valence-corrected chi connectivity index (χ2v) is 6.06. The molecule has 2 N–H and O–H groups in total. The first-order valence-electron chi connectivity index (χ1n) is 9.52. The van der Waals surface area contributed by atoms with Crippen molar-refractivity contribution in [3.63, 3.8) is 0 Å². The molecule has 3 rings (SSSR count). The number of terminal acetylenes is 1. The van der Waals surface area contributed by atoms with Gasteiger partial charge in [-0.05, 0) is 36.4 Å². The number of carbonyl (C=O) groups is 1. The van der Waals surface area contributed by atoms with Crippen LogP contribution in [0.5, 0.6) is 0 Å². The van der Waals surface area contributed by atoms with Gasteiger partial charge < -0.3 is 15.0 Å². The standard InChI is InChI=1S/C19H12F3N5O2.C2H6.C2H2/c20-19(21,22)14-7-12(2-1-11(14)8-23)26-18(29)17(28)10-27-6-5-15-16(27)4-3-13(9-24)25-15;2*1-2/h1-7,17,28H,10H2,(H,26,29);1-2H3;1-2H/t17-;;/m0../s1. The number of halogens is 3. The molecule has 33 heavy (non-hydrogen) atoms. The molecule has 0 spiro atoms. The van der Waals surface area contributed by atoms with E-state index in [0.29, 0.717) is 17.1 Å². The van der Waals surface area contributed by atoms with Crippen LogP contribution in [0.4, 0.5) is 18.9 Å². The first kappa shape index (κ1) is 26.7. The fraction of sp³-hybridized carbons (Fsp3) is 0.217. The van der Waals surface area contributed by atoms with Crippen molar-refractivity contribution in [2.45, 2.75) is 32.7 Å². The van der Waals surface area contributed by atoms with Crippen LogP contribution in [0.3, 0.4) is 0 Å². The van der Waals surface area contributed by atoms with Crippen molar-refractivity contribution in [1.29, 1.82) is 10.5 Å². The number of carbonyl (C=O) groups excluding carboxylic acids is 1. The second kappa shape index (κ2) is 11.9. The number of fused-ring (bicyclic) bond motifs is 1. The van der Waals surface area contributed by atoms with Crippen LogP contribution in [0.15, 0.2) is 42.6 Å². The lowest BCUT2D eigenvalue weighted by molar-refractivity contribution is -0.137. The van der Waals surface area contributed by atoms with Gasteiger partial charge in [-0.3, -0.25) is 4.79 Å². The number of hydrogen-bond acceptors (Lipinski definition) is 5. The number of aliphatic hydroxyl groups excluding tert-OH is 1. The molecule has 0 aliphatic rings. The summed E-state index contributed by atoms with van der Waals surface area (Å²) in [4.78, 5) is 16.3. The predicted octanol–water partition coefficient (Wildman–Crippen LogP) is 4.07. The highest BCUT2D eigenvalue weighted by atomic mass is 19.4. The van der Waals surface area contributed by atoms with Crippen LogP contribution in [0, 0.1) is 35.5 Å². The molecule has 0 aliphatic heterocycles. The van der Waals surface area contributed by atoms with Crippen molar-refractivity contribution in [3.05, 3.63) is 59.4 Å². The lowest BCUT2D eigenvalue weighted by atomic mass is 10.1. The monoisotopic (exact) mass is 455 g/mol. The van der Waals surface area contributed by atoms with Crippen LogP contribution in [0.1, 0.15) is 30.7 Å². The molecule has 0 saturated carbocycles. The fourth-order valence-electron chi connectivity index (χ4n) is 2.74. The summed E-state index contributed by atoms with van der Waals surface area (Å²) in [6.45, 7) is 3.82. The van der Waals surface area contributed by atoms with E-state index >= 15 is 0 Å². The molecule has 170 valence electrons. The fourth-order valence-corrected chi connectivity index (χ4v) is 2.74. The third kappa shape index (κ3) is 6.57. The van der Waals surface area contributed by atoms with E-state index in [1.807, 2.05) is 19.9 Å². The maximum atomic E-state index is 13.0. The van der Waals surface area contributed by atoms with Crippen molar-refractivity contribution < 1.29 is 23.1 Å². The number of rotatable bonds is 4. The Balaban J connectivity index is 0.00000129. The number of nitrogens with one attached hydrogen (secondary N) is 1. The van der Waals surface area contributed by atoms with Crippen LogP contribution in [-0.4, -0.2) is 26.7 Å². The molecule has 0 saturated heterocycles. The summed E-state index contributed by atoms with van der Waals surface area (Å²) in [5, 5.41) is 30.0. The summed E-state index contributed by atoms with van der Waals surface area (Å²) in [6, 6.07) is 10.8. The zero-order chi connectivity index (χ0) is 25.2. The van der Waals surface area contributed by atoms with Gasteiger partial charge in [0.15, 0.2) is 6.10 Å². The first-order valence-corrected chi connectivity index (χ1v) is 9.52. The summed E-state index contributed by atoms with van der Waals surface area (Å²) in [6.07, 6.45) is 3.24. The first-order chi connectivity index (χ1) is 15.7. The lowest BCUT2D eigenvalue weighted by Gasteiger charge is -2.15. The molecule has 2 heterocycles. The highest BCUT2D eigenvalue weighted by molar-refractivity contribution is 5.94. The van der Waals surface area contributed by atoms with Crippen molar-refractivity contribution >= 4 is 22.6 Å². The number of aliphatic hydroxyl groups is 1. The summed E-state index contributed by atoms with van der Waals surface area (Å²) >= 11 is 0. The minimum atomic E-state index is -4.76. The van der Waals surface area contributed by atoms with E-state index in [1.54, 1.807) is 18.3 Å². The van der Waals surface area contributed by atoms with Gasteiger partial charge in [0, 0.05) is 11.9 Å². The number of aromatic nitrogens is 2. The number of hydrogen-bond donors (Lipinski definition) is 2. The van der Waals surface area contributed by atoms with E-state index in [1.165, 1.54) is 16.7 Å². The van der Waals surface area contributed by atoms with E-state index in [0.717, 1.165) is 12.1 Å². The number of amides is 1. The minimum Gasteiger partial charge on any atom is -0.381 e. The van der Waals surface area contributed by atoms with Crippen molar-refractivity contribution in [1.82, 2.24) is 9.55 Å². The Morgan fingerprint density at radius 3 is 2.42 bits per heavy atom. The third-order valence-electron chi connectivity index (χ3n) is 4.12. The van der Waals surface area contributed by atoms with Gasteiger partial charge in [0.1, 0.15) is 11.8 Å². The quantitative estimate of drug-likeness (QED) is 0.576. The van der Waals surface area contributed by atoms with E-state index in [-0.39, 0.29) is 17.9 Å². The topological polar surface area (TPSA) is 115 Å². The van der Waals surface area contributed by atoms with E-state index in [4.69, 9.17) is 10.5 Å². The summed E-state index contributed by atoms with van der Waals surface area (Å²) in [5.74, 6) is -0.911. The van der Waals surface area contributed by atoms with Crippen molar-refractivity contribution in [2.24, 2.45) is 0 Å². The van der Waals surface area contributed by atoms with E-state index < -0.39 is 29.3 Å². The SMILES string of the molecule is C#C.CC.N#Cc1ccc2c(ccn2C[C@H](O)C(=O)Nc2ccc(C#N)c(C(F)(F)F)c2)n1. The normalized spacial score (nSPS) is 11.0. The molecule has 0 radical (unpaired) electrons. The molecular weight excluding hydrogens is 435 g/mol. The second-order valence-electron chi connectivity index (χ2n) is 6.06. The van der Waals surface area contributed by atoms with Gasteiger partial charge in [-0.1, -0.05) is 13.8 Å². The number of pyridine rings is 1. The lowest BCUT2D eigenvalue weighted by Crippen LogP contribution is -2.31. The zero-order valence-electron chi connectivity index (χ0n) is 17.8. The Bertz CT molecular complexity index is 1220. The average Bonchev–Trinajstić information content (AvgIpc) is 3.22. The summed E-state index contributed by atoms with van der Waals surface area (Å²) in [5.41, 5.74) is -0.651. The van der Waals surface area contributed by atoms with Crippen molar-refractivity contribution in [2.75, 3.05) is 5.32 Å². The molecule has 0 fully saturated rings. The highest BCUT2D eigenvalue weighted by Gasteiger charge is 2.34. The van der Waals surface area contributed by atoms with E-state index in [2.05, 4.69) is 23.1 Å².